The predicted octanol–water partition coefficient (Wildman–Crippen LogP) is 12.1. The van der Waals surface area contributed by atoms with E-state index in [2.05, 4.69) is 12.2 Å². The first-order valence-corrected chi connectivity index (χ1v) is 22.6. The summed E-state index contributed by atoms with van der Waals surface area (Å²) < 4.78 is 0. The fourth-order valence-electron chi connectivity index (χ4n) is 8.72. The van der Waals surface area contributed by atoms with Gasteiger partial charge in [0.1, 0.15) is 0 Å². The van der Waals surface area contributed by atoms with Gasteiger partial charge in [-0.05, 0) is 28.6 Å². The number of aromatic nitrogens is 8. The third-order valence-corrected chi connectivity index (χ3v) is 12.0. The molecule has 10 nitrogen and oxygen atoms in total. The number of nitrogens with one attached hydrogen (secondary N) is 1. The van der Waals surface area contributed by atoms with Gasteiger partial charge >= 0.3 is 17.1 Å². The van der Waals surface area contributed by atoms with Gasteiger partial charge in [0.25, 0.3) is 5.91 Å². The molecule has 9 rings (SSSR count). The molecule has 1 N–H and O–H groups in total. The van der Waals surface area contributed by atoms with Gasteiger partial charge < -0.3 is 35.2 Å². The molecular weight excluding hydrogens is 818 g/mol. The number of amides is 1. The molecule has 3 aromatic heterocycles. The van der Waals surface area contributed by atoms with E-state index in [0.717, 1.165) is 45.9 Å². The Balaban J connectivity index is 0.00000529. The third kappa shape index (κ3) is 9.34. The Labute approximate surface area is 373 Å². The van der Waals surface area contributed by atoms with Crippen molar-refractivity contribution < 1.29 is 21.9 Å². The van der Waals surface area contributed by atoms with Crippen molar-refractivity contribution in [3.63, 3.8) is 0 Å². The molecule has 0 fully saturated rings. The molecule has 11 heteroatoms. The molecule has 0 unspecified atom stereocenters. The normalized spacial score (nSPS) is 11.7. The van der Waals surface area contributed by atoms with Crippen LogP contribution in [-0.2, 0) is 17.1 Å². The zero-order valence-corrected chi connectivity index (χ0v) is 36.4. The van der Waals surface area contributed by atoms with Gasteiger partial charge in [-0.3, -0.25) is 4.79 Å². The van der Waals surface area contributed by atoms with Gasteiger partial charge in [0.05, 0.1) is 23.3 Å². The van der Waals surface area contributed by atoms with Crippen LogP contribution in [0, 0.1) is 0 Å². The van der Waals surface area contributed by atoms with Crippen molar-refractivity contribution in [3.8, 4) is 45.6 Å². The van der Waals surface area contributed by atoms with Crippen LogP contribution in [0.15, 0.2) is 91.0 Å². The van der Waals surface area contributed by atoms with Gasteiger partial charge in [-0.25, -0.2) is 9.97 Å². The molecule has 0 aliphatic carbocycles. The van der Waals surface area contributed by atoms with E-state index in [1.54, 1.807) is 0 Å². The molecule has 0 saturated carbocycles. The Kier molecular flexibility index (Phi) is 14.1. The van der Waals surface area contributed by atoms with E-state index >= 15 is 0 Å². The van der Waals surface area contributed by atoms with Crippen molar-refractivity contribution >= 4 is 50.0 Å². The van der Waals surface area contributed by atoms with E-state index in [4.69, 9.17) is 39.9 Å². The average Bonchev–Trinajstić information content (AvgIpc) is 4.03. The molecule has 0 atom stereocenters. The Hall–Kier alpha value is -5.77. The molecule has 7 aromatic rings. The molecule has 1 amide bonds. The number of fused-ring (bicyclic) bond motifs is 20. The Morgan fingerprint density at radius 2 is 0.806 bits per heavy atom. The molecule has 2 aliphatic heterocycles. The topological polar surface area (TPSA) is 135 Å². The van der Waals surface area contributed by atoms with E-state index in [-0.39, 0.29) is 23.0 Å². The summed E-state index contributed by atoms with van der Waals surface area (Å²) in [5, 5.41) is 6.25. The van der Waals surface area contributed by atoms with Crippen LogP contribution >= 0.6 is 0 Å². The molecule has 5 heterocycles. The van der Waals surface area contributed by atoms with Gasteiger partial charge in [0.15, 0.2) is 0 Å². The van der Waals surface area contributed by atoms with Crippen LogP contribution in [0.4, 0.5) is 0 Å². The minimum Gasteiger partial charge on any atom is -0.357 e. The second-order valence-corrected chi connectivity index (χ2v) is 16.4. The van der Waals surface area contributed by atoms with Gasteiger partial charge in [0, 0.05) is 62.3 Å². The van der Waals surface area contributed by atoms with Gasteiger partial charge in [-0.1, -0.05) is 188 Å². The smallest absolute Gasteiger partial charge is 0.357 e. The summed E-state index contributed by atoms with van der Waals surface area (Å²) in [5.74, 6) is 1.77. The number of carbonyl (C=O) groups is 1. The molecule has 4 aromatic carbocycles. The second-order valence-electron chi connectivity index (χ2n) is 16.4. The van der Waals surface area contributed by atoms with Crippen LogP contribution in [-0.4, -0.2) is 42.4 Å². The standard InChI is InChI=1S/C51H54N9O.Cu/c1-2-3-4-5-6-7-8-9-10-11-12-13-14-15-16-23-33-52-51(61)41-32-24-31-40-42(41)50-59-48-39-30-22-21-29-38(39)46(57-48)55-44-35-26-18-17-25-34(35)43(53-44)54-45-36-27-19-20-28-37(36)47(56-45)58-49(40)60-50;/h17-22,24-32H,2-16,23,33H2,1H3,(H2-,52,53,54,55,56,57,58,59,60,61);/q-1;+2/p-1. The van der Waals surface area contributed by atoms with Crippen LogP contribution in [0.5, 0.6) is 0 Å². The van der Waals surface area contributed by atoms with Crippen molar-refractivity contribution in [1.29, 1.82) is 0 Å². The van der Waals surface area contributed by atoms with Gasteiger partial charge in [-0.2, -0.15) is 0 Å². The summed E-state index contributed by atoms with van der Waals surface area (Å²) in [6, 6.07) is 29.4. The van der Waals surface area contributed by atoms with Crippen molar-refractivity contribution in [3.05, 3.63) is 96.6 Å². The molecular formula is C51H53CuN9O. The van der Waals surface area contributed by atoms with Crippen molar-refractivity contribution in [2.45, 2.75) is 110 Å². The minimum absolute atomic E-state index is 0. The Morgan fingerprint density at radius 3 is 1.27 bits per heavy atom. The molecule has 62 heavy (non-hydrogen) atoms. The molecule has 2 aliphatic rings. The maximum Gasteiger partial charge on any atom is 2.00 e. The number of nitrogens with zero attached hydrogens (tertiary/aromatic N) is 8. The van der Waals surface area contributed by atoms with Crippen molar-refractivity contribution in [2.24, 2.45) is 0 Å². The van der Waals surface area contributed by atoms with Crippen LogP contribution in [0.1, 0.15) is 120 Å². The quantitative estimate of drug-likeness (QED) is 0.0660. The molecule has 0 saturated heterocycles. The van der Waals surface area contributed by atoms with Crippen LogP contribution in [0.25, 0.3) is 89.7 Å². The van der Waals surface area contributed by atoms with E-state index < -0.39 is 0 Å². The van der Waals surface area contributed by atoms with E-state index in [1.807, 2.05) is 91.0 Å². The van der Waals surface area contributed by atoms with E-state index in [1.165, 1.54) is 89.9 Å². The van der Waals surface area contributed by atoms with Crippen LogP contribution in [0.2, 0.25) is 0 Å². The monoisotopic (exact) mass is 870 g/mol. The van der Waals surface area contributed by atoms with Crippen LogP contribution in [0.3, 0.4) is 0 Å². The summed E-state index contributed by atoms with van der Waals surface area (Å²) in [7, 11) is 0. The minimum atomic E-state index is -0.161. The number of hydrogen-bond acceptors (Lipinski definition) is 7. The number of carbonyl (C=O) groups excluding carboxylic acids is 1. The zero-order chi connectivity index (χ0) is 41.4. The summed E-state index contributed by atoms with van der Waals surface area (Å²) in [6.45, 7) is 2.88. The first-order chi connectivity index (χ1) is 30.2. The van der Waals surface area contributed by atoms with Gasteiger partial charge in [0.2, 0.25) is 0 Å². The number of rotatable bonds is 18. The summed E-state index contributed by atoms with van der Waals surface area (Å²) in [5.41, 5.74) is 5.65. The average molecular weight is 872 g/mol. The zero-order valence-electron chi connectivity index (χ0n) is 35.5. The molecule has 0 spiro atoms. The summed E-state index contributed by atoms with van der Waals surface area (Å²) in [6.07, 6.45) is 21.0. The SMILES string of the molecule is CCCCCCCCCCCCCCCCCCNC(=O)c1cccc2c3nc4nc(nc5[n-]c(nc6nc(nc([n-]3)c12)-c1ccccc1-6)c1ccccc51)-c1ccccc1-4.[Cu+2]. The van der Waals surface area contributed by atoms with Crippen LogP contribution < -0.4 is 15.3 Å². The molecule has 1 radical (unpaired) electrons. The largest absolute Gasteiger partial charge is 2.00 e. The van der Waals surface area contributed by atoms with E-state index in [0.29, 0.717) is 68.8 Å². The number of benzene rings is 4. The summed E-state index contributed by atoms with van der Waals surface area (Å²) >= 11 is 0. The third-order valence-electron chi connectivity index (χ3n) is 12.0. The number of unbranched alkanes of at least 4 members (excludes halogenated alkanes) is 15. The predicted molar refractivity (Wildman–Crippen MR) is 246 cm³/mol. The second kappa shape index (κ2) is 20.4. The first kappa shape index (κ1) is 42.9. The van der Waals surface area contributed by atoms with Crippen molar-refractivity contribution in [1.82, 2.24) is 45.2 Å². The fraction of sp³-hybridized carbons (Fsp3) is 0.353. The summed E-state index contributed by atoms with van der Waals surface area (Å²) in [4.78, 5) is 54.1. The Morgan fingerprint density at radius 1 is 0.435 bits per heavy atom. The van der Waals surface area contributed by atoms with E-state index in [9.17, 15) is 4.79 Å². The van der Waals surface area contributed by atoms with Crippen molar-refractivity contribution in [2.75, 3.05) is 6.54 Å². The van der Waals surface area contributed by atoms with Gasteiger partial charge in [-0.15, -0.1) is 0 Å². The molecule has 319 valence electrons. The maximum atomic E-state index is 14.0. The number of hydrogen-bond donors (Lipinski definition) is 1. The molecule has 8 bridgehead atoms. The Bertz CT molecular complexity index is 2840. The maximum absolute atomic E-state index is 14.0. The first-order valence-electron chi connectivity index (χ1n) is 22.6. The fourth-order valence-corrected chi connectivity index (χ4v) is 8.72.